The molecule has 2 unspecified atom stereocenters. The van der Waals surface area contributed by atoms with Crippen molar-refractivity contribution < 1.29 is 32.2 Å². The number of aromatic amines is 1. The molecule has 1 saturated heterocycles. The lowest BCUT2D eigenvalue weighted by molar-refractivity contribution is -0.139. The maximum absolute atomic E-state index is 12.9. The second-order valence-electron chi connectivity index (χ2n) is 13.5. The van der Waals surface area contributed by atoms with Gasteiger partial charge >= 0.3 is 0 Å². The summed E-state index contributed by atoms with van der Waals surface area (Å²) in [5.74, 6) is -1.96. The molecule has 0 spiro atoms. The van der Waals surface area contributed by atoms with Crippen LogP contribution in [0.5, 0.6) is 0 Å². The number of hydrogen-bond acceptors (Lipinski definition) is 7. The molecule has 3 aliphatic rings. The Morgan fingerprint density at radius 3 is 2.45 bits per heavy atom. The summed E-state index contributed by atoms with van der Waals surface area (Å²) in [7, 11) is 0.0161. The highest BCUT2D eigenvalue weighted by Crippen LogP contribution is 2.40. The zero-order valence-corrected chi connectivity index (χ0v) is 31.2. The van der Waals surface area contributed by atoms with Gasteiger partial charge in [0.2, 0.25) is 11.8 Å². The van der Waals surface area contributed by atoms with Crippen LogP contribution in [0.4, 0.5) is 8.78 Å². The van der Waals surface area contributed by atoms with Gasteiger partial charge < -0.3 is 20.5 Å². The van der Waals surface area contributed by atoms with E-state index in [4.69, 9.17) is 0 Å². The lowest BCUT2D eigenvalue weighted by Gasteiger charge is -2.26. The lowest BCUT2D eigenvalue weighted by atomic mass is 10.1. The lowest BCUT2D eigenvalue weighted by Crippen LogP contribution is -2.53. The van der Waals surface area contributed by atoms with Crippen LogP contribution in [0.25, 0.3) is 11.0 Å². The van der Waals surface area contributed by atoms with Gasteiger partial charge in [-0.3, -0.25) is 28.7 Å². The first-order valence-electron chi connectivity index (χ1n) is 17.9. The number of nitrogens with zero attached hydrogens (tertiary/aromatic N) is 2. The van der Waals surface area contributed by atoms with E-state index >= 15 is 0 Å². The van der Waals surface area contributed by atoms with E-state index < -0.39 is 40.7 Å². The smallest absolute Gasteiger partial charge is 0.269 e. The van der Waals surface area contributed by atoms with Gasteiger partial charge in [-0.05, 0) is 95.5 Å². The molecule has 2 aliphatic heterocycles. The van der Waals surface area contributed by atoms with Crippen molar-refractivity contribution in [1.82, 2.24) is 30.2 Å². The Hall–Kier alpha value is -4.79. The number of nitrogens with one attached hydrogen (secondary N) is 4. The molecular formula is C38H48F2N6O6S. The monoisotopic (exact) mass is 754 g/mol. The van der Waals surface area contributed by atoms with E-state index in [2.05, 4.69) is 25.3 Å². The SMILES string of the molecule is CC1(S(=O)NC(=O)[C@H]2C/C=C\CCCCCCC(=O)N3CCCC3C(=O)N2)CC1.CNC(=O)c1ccccc1F.Cc1nc2ccc(F)cc2[nH]c1=O. The number of fused-ring (bicyclic) bond motifs is 2. The Kier molecular flexibility index (Phi) is 14.9. The number of H-pyrrole nitrogens is 1. The number of halogens is 2. The van der Waals surface area contributed by atoms with Crippen molar-refractivity contribution in [2.75, 3.05) is 13.6 Å². The van der Waals surface area contributed by atoms with Crippen molar-refractivity contribution >= 4 is 45.6 Å². The third kappa shape index (κ3) is 11.9. The van der Waals surface area contributed by atoms with Gasteiger partial charge in [-0.2, -0.15) is 0 Å². The number of aromatic nitrogens is 2. The van der Waals surface area contributed by atoms with Crippen molar-refractivity contribution in [3.63, 3.8) is 0 Å². The topological polar surface area (TPSA) is 170 Å². The maximum atomic E-state index is 12.9. The maximum Gasteiger partial charge on any atom is 0.269 e. The first-order valence-corrected chi connectivity index (χ1v) is 19.1. The third-order valence-corrected chi connectivity index (χ3v) is 11.0. The van der Waals surface area contributed by atoms with Crippen molar-refractivity contribution in [1.29, 1.82) is 0 Å². The minimum Gasteiger partial charge on any atom is -0.355 e. The molecular weight excluding hydrogens is 707 g/mol. The second kappa shape index (κ2) is 19.3. The summed E-state index contributed by atoms with van der Waals surface area (Å²) >= 11 is 0. The van der Waals surface area contributed by atoms with Gasteiger partial charge in [-0.15, -0.1) is 0 Å². The number of aryl methyl sites for hydroxylation is 1. The number of carbonyl (C=O) groups excluding carboxylic acids is 4. The van der Waals surface area contributed by atoms with Crippen molar-refractivity contribution in [3.8, 4) is 0 Å². The summed E-state index contributed by atoms with van der Waals surface area (Å²) in [6.45, 7) is 4.10. The van der Waals surface area contributed by atoms with E-state index in [0.29, 0.717) is 42.5 Å². The molecule has 0 bridgehead atoms. The van der Waals surface area contributed by atoms with Crippen LogP contribution in [0.15, 0.2) is 59.4 Å². The predicted octanol–water partition coefficient (Wildman–Crippen LogP) is 4.65. The molecule has 3 heterocycles. The zero-order valence-electron chi connectivity index (χ0n) is 30.3. The van der Waals surface area contributed by atoms with E-state index in [1.807, 2.05) is 19.1 Å². The number of amides is 4. The molecule has 2 aromatic carbocycles. The normalized spacial score (nSPS) is 21.1. The molecule has 3 atom stereocenters. The van der Waals surface area contributed by atoms with Crippen LogP contribution in [-0.2, 0) is 25.4 Å². The second-order valence-corrected chi connectivity index (χ2v) is 15.3. The van der Waals surface area contributed by atoms with Gasteiger partial charge in [0.25, 0.3) is 17.4 Å². The fourth-order valence-electron chi connectivity index (χ4n) is 5.80. The Bertz CT molecular complexity index is 1900. The van der Waals surface area contributed by atoms with Crippen LogP contribution in [0.1, 0.15) is 93.6 Å². The van der Waals surface area contributed by atoms with E-state index in [1.165, 1.54) is 37.4 Å². The third-order valence-electron chi connectivity index (χ3n) is 9.32. The quantitative estimate of drug-likeness (QED) is 0.281. The Labute approximate surface area is 310 Å². The highest BCUT2D eigenvalue weighted by Gasteiger charge is 2.45. The largest absolute Gasteiger partial charge is 0.355 e. The molecule has 15 heteroatoms. The summed E-state index contributed by atoms with van der Waals surface area (Å²) in [5.41, 5.74) is 1.21. The average Bonchev–Trinajstić information content (AvgIpc) is 3.69. The van der Waals surface area contributed by atoms with Gasteiger partial charge in [-0.1, -0.05) is 37.1 Å². The Morgan fingerprint density at radius 2 is 1.74 bits per heavy atom. The van der Waals surface area contributed by atoms with Crippen LogP contribution in [0, 0.1) is 18.6 Å². The number of allylic oxidation sites excluding steroid dienone is 1. The van der Waals surface area contributed by atoms with Crippen LogP contribution in [0.2, 0.25) is 0 Å². The number of rotatable bonds is 4. The Balaban J connectivity index is 0.000000213. The van der Waals surface area contributed by atoms with E-state index in [9.17, 15) is 37.0 Å². The summed E-state index contributed by atoms with van der Waals surface area (Å²) in [5, 5.41) is 5.17. The van der Waals surface area contributed by atoms with Crippen molar-refractivity contribution in [2.24, 2.45) is 0 Å². The number of carbonyl (C=O) groups is 4. The average molecular weight is 755 g/mol. The van der Waals surface area contributed by atoms with Crippen LogP contribution in [0.3, 0.4) is 0 Å². The highest BCUT2D eigenvalue weighted by molar-refractivity contribution is 7.85. The molecule has 1 saturated carbocycles. The summed E-state index contributed by atoms with van der Waals surface area (Å²) in [6, 6.07) is 8.66. The highest BCUT2D eigenvalue weighted by atomic mass is 32.2. The molecule has 286 valence electrons. The molecule has 53 heavy (non-hydrogen) atoms. The summed E-state index contributed by atoms with van der Waals surface area (Å²) in [4.78, 5) is 68.4. The molecule has 4 amide bonds. The van der Waals surface area contributed by atoms with Crippen LogP contribution in [-0.4, -0.2) is 73.1 Å². The Morgan fingerprint density at radius 1 is 1.00 bits per heavy atom. The van der Waals surface area contributed by atoms with Gasteiger partial charge in [0.15, 0.2) is 0 Å². The predicted molar refractivity (Wildman–Crippen MR) is 199 cm³/mol. The molecule has 2 fully saturated rings. The summed E-state index contributed by atoms with van der Waals surface area (Å²) < 4.78 is 40.1. The summed E-state index contributed by atoms with van der Waals surface area (Å²) in [6.07, 6.45) is 12.7. The molecule has 1 aliphatic carbocycles. The molecule has 1 aromatic heterocycles. The molecule has 12 nitrogen and oxygen atoms in total. The molecule has 0 radical (unpaired) electrons. The minimum atomic E-state index is -1.45. The van der Waals surface area contributed by atoms with E-state index in [1.54, 1.807) is 24.0 Å². The molecule has 4 N–H and O–H groups in total. The number of benzene rings is 2. The molecule has 3 aromatic rings. The van der Waals surface area contributed by atoms with Gasteiger partial charge in [-0.25, -0.2) is 18.0 Å². The van der Waals surface area contributed by atoms with Gasteiger partial charge in [0.1, 0.15) is 40.4 Å². The van der Waals surface area contributed by atoms with E-state index in [-0.39, 0.29) is 33.5 Å². The zero-order chi connectivity index (χ0) is 38.5. The van der Waals surface area contributed by atoms with Crippen molar-refractivity contribution in [2.45, 2.75) is 101 Å². The fraction of sp³-hybridized carbons (Fsp3) is 0.474. The van der Waals surface area contributed by atoms with Crippen LogP contribution >= 0.6 is 0 Å². The van der Waals surface area contributed by atoms with Crippen molar-refractivity contribution in [3.05, 3.63) is 87.9 Å². The fourth-order valence-corrected chi connectivity index (χ4v) is 6.84. The minimum absolute atomic E-state index is 0.0272. The first kappa shape index (κ1) is 41.0. The van der Waals surface area contributed by atoms with Gasteiger partial charge in [0.05, 0.1) is 21.3 Å². The molecule has 6 rings (SSSR count). The first-order chi connectivity index (χ1) is 25.3. The van der Waals surface area contributed by atoms with E-state index in [0.717, 1.165) is 51.4 Å². The standard InChI is InChI=1S/C21H33N3O4S.C9H7FN2O.C8H8FNO/c1-21(13-14-21)29(28)23-19(26)16-10-7-5-3-2-4-6-8-12-18(25)24-15-9-11-17(24)20(27)22-16;1-5-9(13)12-8-4-6(10)2-3-7(8)11-5;1-10-8(11)6-4-2-3-5-7(6)9/h5,7,16-17H,2-4,6,8-15H2,1H3,(H,22,27)(H,23,26);2-4H,1H3,(H,12,13);2-5H,1H3,(H,10,11)/b7-5-;;/t16-,17?,29?;;/m1../s1. The van der Waals surface area contributed by atoms with Crippen LogP contribution < -0.4 is 20.9 Å². The number of hydrogen-bond donors (Lipinski definition) is 4. The van der Waals surface area contributed by atoms with Gasteiger partial charge in [0, 0.05) is 20.0 Å².